The van der Waals surface area contributed by atoms with Gasteiger partial charge in [-0.2, -0.15) is 0 Å². The highest BCUT2D eigenvalue weighted by molar-refractivity contribution is 6.29. The zero-order valence-electron chi connectivity index (χ0n) is 24.1. The van der Waals surface area contributed by atoms with Gasteiger partial charge in [0.15, 0.2) is 0 Å². The van der Waals surface area contributed by atoms with Crippen LogP contribution in [0.5, 0.6) is 11.5 Å². The Labute approximate surface area is 219 Å². The molecule has 0 radical (unpaired) electrons. The van der Waals surface area contributed by atoms with E-state index in [0.717, 1.165) is 71.4 Å². The second kappa shape index (κ2) is 13.5. The zero-order chi connectivity index (χ0) is 27.0. The number of fused-ring (bicyclic) bond motifs is 1. The van der Waals surface area contributed by atoms with Crippen LogP contribution in [-0.4, -0.2) is 22.6 Å². The molecule has 36 heavy (non-hydrogen) atoms. The number of esters is 1. The van der Waals surface area contributed by atoms with E-state index in [4.69, 9.17) is 14.6 Å². The monoisotopic (exact) mass is 502 g/mol. The molecule has 2 rings (SSSR count). The van der Waals surface area contributed by atoms with E-state index in [1.807, 2.05) is 20.8 Å². The lowest BCUT2D eigenvalue weighted by Crippen LogP contribution is -2.37. The molecule has 204 valence electrons. The lowest BCUT2D eigenvalue weighted by Gasteiger charge is -2.38. The molecule has 0 saturated heterocycles. The molecule has 1 aromatic rings. The molecule has 0 aromatic heterocycles. The maximum Gasteiger partial charge on any atom is 0.422 e. The summed E-state index contributed by atoms with van der Waals surface area (Å²) in [6, 6.07) is 0. The largest absolute Gasteiger partial charge is 0.487 e. The van der Waals surface area contributed by atoms with Crippen LogP contribution in [-0.2, 0) is 16.0 Å². The number of carboxylic acids is 1. The highest BCUT2D eigenvalue weighted by Gasteiger charge is 2.35. The van der Waals surface area contributed by atoms with Crippen molar-refractivity contribution in [1.82, 2.24) is 0 Å². The minimum atomic E-state index is -1.58. The predicted octanol–water partition coefficient (Wildman–Crippen LogP) is 8.12. The lowest BCUT2D eigenvalue weighted by atomic mass is 9.83. The van der Waals surface area contributed by atoms with Gasteiger partial charge in [0, 0.05) is 5.56 Å². The fourth-order valence-electron chi connectivity index (χ4n) is 5.55. The number of hydrogen-bond donors (Lipinski definition) is 1. The molecular weight excluding hydrogens is 452 g/mol. The summed E-state index contributed by atoms with van der Waals surface area (Å²) in [7, 11) is 0. The van der Waals surface area contributed by atoms with Crippen molar-refractivity contribution in [1.29, 1.82) is 0 Å². The molecule has 0 aliphatic carbocycles. The SMILES string of the molecule is Cc1c(C)c2c(c(C)c1OC(=O)C(=O)O)CC[C@@](C)(CCC[C@H](C)CCC[C@H](C)CCCC(C)C)O2. The van der Waals surface area contributed by atoms with Crippen LogP contribution in [0.1, 0.15) is 121 Å². The third-order valence-electron chi connectivity index (χ3n) is 8.21. The van der Waals surface area contributed by atoms with Crippen LogP contribution in [0.3, 0.4) is 0 Å². The van der Waals surface area contributed by atoms with Gasteiger partial charge in [-0.1, -0.05) is 72.6 Å². The molecule has 0 unspecified atom stereocenters. The molecule has 1 heterocycles. The Morgan fingerprint density at radius 2 is 1.44 bits per heavy atom. The summed E-state index contributed by atoms with van der Waals surface area (Å²) in [6.07, 6.45) is 13.2. The topological polar surface area (TPSA) is 72.8 Å². The summed E-state index contributed by atoms with van der Waals surface area (Å²) >= 11 is 0. The van der Waals surface area contributed by atoms with Crippen LogP contribution in [0.4, 0.5) is 0 Å². The molecule has 3 atom stereocenters. The third-order valence-corrected chi connectivity index (χ3v) is 8.21. The first-order valence-corrected chi connectivity index (χ1v) is 14.1. The summed E-state index contributed by atoms with van der Waals surface area (Å²) in [5.41, 5.74) is 3.31. The average Bonchev–Trinajstić information content (AvgIpc) is 2.79. The summed E-state index contributed by atoms with van der Waals surface area (Å²) < 4.78 is 11.8. The van der Waals surface area contributed by atoms with Crippen molar-refractivity contribution in [3.8, 4) is 11.5 Å². The Hall–Kier alpha value is -2.04. The summed E-state index contributed by atoms with van der Waals surface area (Å²) in [6.45, 7) is 17.3. The molecule has 5 nitrogen and oxygen atoms in total. The molecular formula is C31H50O5. The van der Waals surface area contributed by atoms with Crippen LogP contribution in [0.2, 0.25) is 0 Å². The summed E-state index contributed by atoms with van der Waals surface area (Å²) in [5, 5.41) is 8.94. The van der Waals surface area contributed by atoms with E-state index in [2.05, 4.69) is 34.6 Å². The number of carbonyl (C=O) groups excluding carboxylic acids is 1. The van der Waals surface area contributed by atoms with E-state index in [-0.39, 0.29) is 5.60 Å². The van der Waals surface area contributed by atoms with E-state index < -0.39 is 11.9 Å². The van der Waals surface area contributed by atoms with Crippen LogP contribution < -0.4 is 9.47 Å². The van der Waals surface area contributed by atoms with Gasteiger partial charge >= 0.3 is 11.9 Å². The first-order valence-electron chi connectivity index (χ1n) is 14.1. The second-order valence-corrected chi connectivity index (χ2v) is 12.1. The summed E-state index contributed by atoms with van der Waals surface area (Å²) in [5.74, 6) is 0.801. The van der Waals surface area contributed by atoms with Gasteiger partial charge < -0.3 is 14.6 Å². The van der Waals surface area contributed by atoms with Gasteiger partial charge in [-0.05, 0) is 87.8 Å². The smallest absolute Gasteiger partial charge is 0.422 e. The average molecular weight is 503 g/mol. The maximum absolute atomic E-state index is 11.7. The zero-order valence-corrected chi connectivity index (χ0v) is 24.1. The van der Waals surface area contributed by atoms with Crippen molar-refractivity contribution in [2.75, 3.05) is 0 Å². The second-order valence-electron chi connectivity index (χ2n) is 12.1. The first kappa shape index (κ1) is 30.2. The van der Waals surface area contributed by atoms with Crippen molar-refractivity contribution in [3.63, 3.8) is 0 Å². The molecule has 1 N–H and O–H groups in total. The predicted molar refractivity (Wildman–Crippen MR) is 146 cm³/mol. The molecule has 0 saturated carbocycles. The highest BCUT2D eigenvalue weighted by atomic mass is 16.6. The van der Waals surface area contributed by atoms with E-state index in [1.54, 1.807) is 0 Å². The Morgan fingerprint density at radius 3 is 2.00 bits per heavy atom. The maximum atomic E-state index is 11.7. The van der Waals surface area contributed by atoms with E-state index in [1.165, 1.54) is 44.9 Å². The molecule has 0 spiro atoms. The molecule has 1 aliphatic rings. The Bertz CT molecular complexity index is 903. The number of benzene rings is 1. The van der Waals surface area contributed by atoms with E-state index in [9.17, 15) is 9.59 Å². The van der Waals surface area contributed by atoms with Crippen LogP contribution in [0, 0.1) is 38.5 Å². The molecule has 5 heteroatoms. The Kier molecular flexibility index (Phi) is 11.3. The van der Waals surface area contributed by atoms with Gasteiger partial charge in [-0.3, -0.25) is 0 Å². The van der Waals surface area contributed by atoms with Crippen molar-refractivity contribution in [2.24, 2.45) is 17.8 Å². The van der Waals surface area contributed by atoms with Gasteiger partial charge in [0.1, 0.15) is 17.1 Å². The van der Waals surface area contributed by atoms with Crippen LogP contribution in [0.15, 0.2) is 0 Å². The van der Waals surface area contributed by atoms with Crippen molar-refractivity contribution in [3.05, 3.63) is 22.3 Å². The molecule has 0 bridgehead atoms. The number of rotatable bonds is 13. The number of carboxylic acid groups (broad SMARTS) is 1. The van der Waals surface area contributed by atoms with Gasteiger partial charge in [0.25, 0.3) is 0 Å². The lowest BCUT2D eigenvalue weighted by molar-refractivity contribution is -0.158. The van der Waals surface area contributed by atoms with Gasteiger partial charge in [-0.15, -0.1) is 0 Å². The highest BCUT2D eigenvalue weighted by Crippen LogP contribution is 2.45. The summed E-state index contributed by atoms with van der Waals surface area (Å²) in [4.78, 5) is 22.7. The minimum absolute atomic E-state index is 0.208. The molecule has 1 aromatic carbocycles. The molecule has 1 aliphatic heterocycles. The van der Waals surface area contributed by atoms with E-state index >= 15 is 0 Å². The number of hydrogen-bond acceptors (Lipinski definition) is 4. The van der Waals surface area contributed by atoms with Crippen LogP contribution >= 0.6 is 0 Å². The van der Waals surface area contributed by atoms with Gasteiger partial charge in [-0.25, -0.2) is 9.59 Å². The minimum Gasteiger partial charge on any atom is -0.487 e. The fourth-order valence-corrected chi connectivity index (χ4v) is 5.55. The number of ether oxygens (including phenoxy) is 2. The van der Waals surface area contributed by atoms with Crippen molar-refractivity contribution in [2.45, 2.75) is 132 Å². The number of aliphatic carboxylic acids is 1. The number of carbonyl (C=O) groups is 2. The molecule has 0 amide bonds. The van der Waals surface area contributed by atoms with E-state index in [0.29, 0.717) is 5.75 Å². The van der Waals surface area contributed by atoms with Crippen molar-refractivity contribution < 1.29 is 24.2 Å². The Morgan fingerprint density at radius 1 is 0.889 bits per heavy atom. The standard InChI is InChI=1S/C31H50O5/c1-20(2)12-9-13-21(3)14-10-15-22(4)16-11-18-31(8)19-17-26-25(7)27(35-30(34)29(32)33)23(5)24(6)28(26)36-31/h20-22H,9-19H2,1-8H3,(H,32,33)/t21-,22-,31-/m1/s1. The quantitative estimate of drug-likeness (QED) is 0.167. The molecule has 0 fully saturated rings. The fraction of sp³-hybridized carbons (Fsp3) is 0.742. The Balaban J connectivity index is 1.87. The van der Waals surface area contributed by atoms with Crippen molar-refractivity contribution >= 4 is 11.9 Å². The first-order chi connectivity index (χ1) is 16.8. The van der Waals surface area contributed by atoms with Gasteiger partial charge in [0.2, 0.25) is 0 Å². The normalized spacial score (nSPS) is 18.9. The van der Waals surface area contributed by atoms with Gasteiger partial charge in [0.05, 0.1) is 0 Å². The van der Waals surface area contributed by atoms with Crippen LogP contribution in [0.25, 0.3) is 0 Å². The third kappa shape index (κ3) is 8.52.